The first-order valence-electron chi connectivity index (χ1n) is 10.7. The van der Waals surface area contributed by atoms with Gasteiger partial charge < -0.3 is 20.3 Å². The number of hydrogen-bond donors (Lipinski definition) is 2. The molecule has 156 valence electrons. The summed E-state index contributed by atoms with van der Waals surface area (Å²) in [6.45, 7) is 7.07. The molecular weight excluding hydrogens is 366 g/mol. The molecule has 1 atom stereocenters. The lowest BCUT2D eigenvalue weighted by Crippen LogP contribution is -2.48. The third-order valence-electron chi connectivity index (χ3n) is 5.25. The number of piperidine rings is 1. The predicted octanol–water partition coefficient (Wildman–Crippen LogP) is 4.09. The van der Waals surface area contributed by atoms with Crippen LogP contribution >= 0.6 is 0 Å². The van der Waals surface area contributed by atoms with Crippen LogP contribution in [-0.2, 0) is 4.74 Å². The molecule has 2 aliphatic rings. The monoisotopic (exact) mass is 397 g/mol. The molecule has 1 amide bonds. The topological polar surface area (TPSA) is 79.4 Å². The Morgan fingerprint density at radius 1 is 1.14 bits per heavy atom. The third kappa shape index (κ3) is 5.08. The molecule has 29 heavy (non-hydrogen) atoms. The van der Waals surface area contributed by atoms with Crippen molar-refractivity contribution in [2.45, 2.75) is 70.6 Å². The highest BCUT2D eigenvalue weighted by Crippen LogP contribution is 2.33. The van der Waals surface area contributed by atoms with Crippen LogP contribution < -0.4 is 15.5 Å². The van der Waals surface area contributed by atoms with Crippen LogP contribution in [0.15, 0.2) is 24.3 Å². The van der Waals surface area contributed by atoms with Gasteiger partial charge in [0.1, 0.15) is 5.60 Å². The van der Waals surface area contributed by atoms with Gasteiger partial charge in [0, 0.05) is 25.2 Å². The molecule has 1 aliphatic carbocycles. The van der Waals surface area contributed by atoms with Gasteiger partial charge in [0.25, 0.3) is 0 Å². The zero-order chi connectivity index (χ0) is 20.4. The molecule has 1 saturated heterocycles. The highest BCUT2D eigenvalue weighted by atomic mass is 16.6. The summed E-state index contributed by atoms with van der Waals surface area (Å²) in [4.78, 5) is 24.3. The maximum atomic E-state index is 12.1. The maximum Gasteiger partial charge on any atom is 0.407 e. The minimum absolute atomic E-state index is 0.173. The van der Waals surface area contributed by atoms with Gasteiger partial charge in [-0.15, -0.1) is 0 Å². The molecule has 1 saturated carbocycles. The highest BCUT2D eigenvalue weighted by molar-refractivity contribution is 5.81. The van der Waals surface area contributed by atoms with E-state index in [4.69, 9.17) is 14.7 Å². The summed E-state index contributed by atoms with van der Waals surface area (Å²) < 4.78 is 5.40. The van der Waals surface area contributed by atoms with E-state index in [-0.39, 0.29) is 12.1 Å². The second-order valence-corrected chi connectivity index (χ2v) is 9.03. The van der Waals surface area contributed by atoms with Gasteiger partial charge in [0.2, 0.25) is 0 Å². The van der Waals surface area contributed by atoms with Crippen LogP contribution in [0.1, 0.15) is 52.9 Å². The maximum absolute atomic E-state index is 12.1. The molecule has 0 radical (unpaired) electrons. The first-order chi connectivity index (χ1) is 13.9. The Kier molecular flexibility index (Phi) is 5.48. The second kappa shape index (κ2) is 8.05. The van der Waals surface area contributed by atoms with E-state index in [0.29, 0.717) is 12.6 Å². The molecule has 1 aromatic carbocycles. The minimum atomic E-state index is -0.499. The number of carbonyl (C=O) groups is 1. The summed E-state index contributed by atoms with van der Waals surface area (Å²) in [6, 6.07) is 8.66. The Balaban J connectivity index is 1.57. The van der Waals surface area contributed by atoms with Crippen molar-refractivity contribution in [3.63, 3.8) is 0 Å². The number of nitrogens with zero attached hydrogens (tertiary/aromatic N) is 3. The molecule has 0 bridgehead atoms. The SMILES string of the molecule is CC(C)(C)OC(=O)NCC1CCCCN1c1nc2ccccc2nc1NC1CC1. The van der Waals surface area contributed by atoms with E-state index in [9.17, 15) is 4.79 Å². The van der Waals surface area contributed by atoms with E-state index in [1.165, 1.54) is 12.8 Å². The lowest BCUT2D eigenvalue weighted by molar-refractivity contribution is 0.0523. The second-order valence-electron chi connectivity index (χ2n) is 9.03. The number of hydrogen-bond acceptors (Lipinski definition) is 6. The quantitative estimate of drug-likeness (QED) is 0.791. The number of rotatable bonds is 5. The number of alkyl carbamates (subject to hydrolysis) is 1. The molecule has 1 aromatic heterocycles. The molecule has 1 aliphatic heterocycles. The average molecular weight is 398 g/mol. The number of benzene rings is 1. The summed E-state index contributed by atoms with van der Waals surface area (Å²) in [6.07, 6.45) is 5.25. The fraction of sp³-hybridized carbons (Fsp3) is 0.591. The Bertz CT molecular complexity index is 875. The van der Waals surface area contributed by atoms with Gasteiger partial charge in [-0.05, 0) is 65.0 Å². The van der Waals surface area contributed by atoms with Gasteiger partial charge in [-0.2, -0.15) is 0 Å². The molecule has 1 unspecified atom stereocenters. The minimum Gasteiger partial charge on any atom is -0.444 e. The first kappa shape index (κ1) is 19.7. The third-order valence-corrected chi connectivity index (χ3v) is 5.25. The Morgan fingerprint density at radius 2 is 1.86 bits per heavy atom. The molecule has 7 heteroatoms. The summed E-state index contributed by atoms with van der Waals surface area (Å²) >= 11 is 0. The van der Waals surface area contributed by atoms with E-state index < -0.39 is 5.60 Å². The van der Waals surface area contributed by atoms with Crippen molar-refractivity contribution in [2.24, 2.45) is 0 Å². The van der Waals surface area contributed by atoms with Gasteiger partial charge in [0.05, 0.1) is 11.0 Å². The van der Waals surface area contributed by atoms with Crippen molar-refractivity contribution in [3.8, 4) is 0 Å². The molecule has 2 fully saturated rings. The number of carbonyl (C=O) groups excluding carboxylic acids is 1. The number of para-hydroxylation sites is 2. The standard InChI is InChI=1S/C22H31N5O2/c1-22(2,3)29-21(28)23-14-16-8-6-7-13-27(16)20-19(24-15-11-12-15)25-17-9-4-5-10-18(17)26-20/h4-5,9-10,15-16H,6-8,11-14H2,1-3H3,(H,23,28)(H,24,25). The highest BCUT2D eigenvalue weighted by Gasteiger charge is 2.30. The van der Waals surface area contributed by atoms with E-state index in [1.54, 1.807) is 0 Å². The van der Waals surface area contributed by atoms with Crippen LogP contribution in [0.4, 0.5) is 16.4 Å². The summed E-state index contributed by atoms with van der Waals surface area (Å²) in [7, 11) is 0. The van der Waals surface area contributed by atoms with Crippen LogP contribution in [0.25, 0.3) is 11.0 Å². The van der Waals surface area contributed by atoms with Crippen molar-refractivity contribution < 1.29 is 9.53 Å². The zero-order valence-electron chi connectivity index (χ0n) is 17.6. The summed E-state index contributed by atoms with van der Waals surface area (Å²) in [5.41, 5.74) is 1.30. The smallest absolute Gasteiger partial charge is 0.407 e. The largest absolute Gasteiger partial charge is 0.444 e. The number of aromatic nitrogens is 2. The Labute approximate surface area is 172 Å². The molecule has 0 spiro atoms. The van der Waals surface area contributed by atoms with Crippen LogP contribution in [0.5, 0.6) is 0 Å². The molecule has 7 nitrogen and oxygen atoms in total. The van der Waals surface area contributed by atoms with Crippen LogP contribution in [0.2, 0.25) is 0 Å². The Hall–Kier alpha value is -2.57. The van der Waals surface area contributed by atoms with E-state index in [1.807, 2.05) is 45.0 Å². The van der Waals surface area contributed by atoms with Crippen molar-refractivity contribution in [1.82, 2.24) is 15.3 Å². The van der Waals surface area contributed by atoms with Crippen LogP contribution in [0.3, 0.4) is 0 Å². The lowest BCUT2D eigenvalue weighted by atomic mass is 10.0. The number of nitrogens with one attached hydrogen (secondary N) is 2. The van der Waals surface area contributed by atoms with E-state index in [0.717, 1.165) is 48.5 Å². The van der Waals surface area contributed by atoms with Crippen molar-refractivity contribution >= 4 is 28.8 Å². The fourth-order valence-corrected chi connectivity index (χ4v) is 3.72. The van der Waals surface area contributed by atoms with Gasteiger partial charge in [-0.25, -0.2) is 14.8 Å². The van der Waals surface area contributed by atoms with E-state index in [2.05, 4.69) is 15.5 Å². The normalized spacial score (nSPS) is 19.8. The van der Waals surface area contributed by atoms with Gasteiger partial charge in [-0.3, -0.25) is 0 Å². The summed E-state index contributed by atoms with van der Waals surface area (Å²) in [5.74, 6) is 1.75. The van der Waals surface area contributed by atoms with Crippen LogP contribution in [-0.4, -0.2) is 46.8 Å². The summed E-state index contributed by atoms with van der Waals surface area (Å²) in [5, 5.41) is 6.51. The van der Waals surface area contributed by atoms with Gasteiger partial charge in [0.15, 0.2) is 11.6 Å². The molecular formula is C22H31N5O2. The molecule has 2 heterocycles. The molecule has 2 N–H and O–H groups in total. The number of ether oxygens (including phenoxy) is 1. The number of anilines is 2. The van der Waals surface area contributed by atoms with Crippen LogP contribution in [0, 0.1) is 0 Å². The van der Waals surface area contributed by atoms with Crippen molar-refractivity contribution in [2.75, 3.05) is 23.3 Å². The number of amides is 1. The number of fused-ring (bicyclic) bond motifs is 1. The lowest BCUT2D eigenvalue weighted by Gasteiger charge is -2.37. The van der Waals surface area contributed by atoms with Gasteiger partial charge in [-0.1, -0.05) is 12.1 Å². The van der Waals surface area contributed by atoms with E-state index >= 15 is 0 Å². The predicted molar refractivity (Wildman–Crippen MR) is 115 cm³/mol. The van der Waals surface area contributed by atoms with Crippen molar-refractivity contribution in [3.05, 3.63) is 24.3 Å². The fourth-order valence-electron chi connectivity index (χ4n) is 3.72. The molecule has 4 rings (SSSR count). The first-order valence-corrected chi connectivity index (χ1v) is 10.7. The average Bonchev–Trinajstić information content (AvgIpc) is 3.49. The Morgan fingerprint density at radius 3 is 2.55 bits per heavy atom. The van der Waals surface area contributed by atoms with Crippen molar-refractivity contribution in [1.29, 1.82) is 0 Å². The zero-order valence-corrected chi connectivity index (χ0v) is 17.6. The molecule has 2 aromatic rings. The van der Waals surface area contributed by atoms with Gasteiger partial charge >= 0.3 is 6.09 Å².